The molecule has 74 valence electrons. The van der Waals surface area contributed by atoms with Crippen LogP contribution in [0, 0.1) is 12.1 Å². The summed E-state index contributed by atoms with van der Waals surface area (Å²) in [5.41, 5.74) is 1.27. The first-order valence-corrected chi connectivity index (χ1v) is 4.78. The zero-order valence-electron chi connectivity index (χ0n) is 8.23. The Morgan fingerprint density at radius 3 is 2.73 bits per heavy atom. The van der Waals surface area contributed by atoms with Crippen LogP contribution in [0.2, 0.25) is 0 Å². The number of nitrogens with zero attached hydrogens (tertiary/aromatic N) is 1. The second-order valence-electron chi connectivity index (χ2n) is 3.60. The van der Waals surface area contributed by atoms with Crippen molar-refractivity contribution in [2.24, 2.45) is 0 Å². The first-order valence-electron chi connectivity index (χ1n) is 4.78. The van der Waals surface area contributed by atoms with Crippen molar-refractivity contribution in [1.82, 2.24) is 0 Å². The van der Waals surface area contributed by atoms with Gasteiger partial charge in [0.1, 0.15) is 0 Å². The van der Waals surface area contributed by atoms with E-state index in [-0.39, 0.29) is 0 Å². The van der Waals surface area contributed by atoms with Gasteiger partial charge in [0.2, 0.25) is 0 Å². The van der Waals surface area contributed by atoms with Crippen molar-refractivity contribution < 1.29 is 9.43 Å². The van der Waals surface area contributed by atoms with Crippen molar-refractivity contribution in [2.45, 2.75) is 6.92 Å². The number of hydrogen-bond acceptors (Lipinski definition) is 2. The molecule has 0 radical (unpaired) electrons. The Balaban J connectivity index is 2.60. The maximum absolute atomic E-state index is 11.3. The van der Waals surface area contributed by atoms with Gasteiger partial charge in [0.15, 0.2) is 0 Å². The van der Waals surface area contributed by atoms with Gasteiger partial charge in [0.25, 0.3) is 5.69 Å². The molecule has 3 rings (SSSR count). The summed E-state index contributed by atoms with van der Waals surface area (Å²) < 4.78 is 5.17. The van der Waals surface area contributed by atoms with E-state index < -0.39 is 0 Å². The van der Waals surface area contributed by atoms with Gasteiger partial charge in [-0.15, -0.1) is 0 Å². The molecular weight excluding hydrogens is 190 g/mol. The fourth-order valence-corrected chi connectivity index (χ4v) is 1.88. The molecule has 3 aromatic rings. The number of aromatic nitrogens is 1. The van der Waals surface area contributed by atoms with E-state index in [4.69, 9.17) is 4.52 Å². The molecule has 2 aromatic carbocycles. The Morgan fingerprint density at radius 1 is 1.07 bits per heavy atom. The third kappa shape index (κ3) is 1.03. The summed E-state index contributed by atoms with van der Waals surface area (Å²) >= 11 is 0. The van der Waals surface area contributed by atoms with Crippen molar-refractivity contribution in [2.75, 3.05) is 0 Å². The minimum atomic E-state index is 0.567. The molecule has 0 saturated carbocycles. The normalized spacial score (nSPS) is 11.3. The predicted octanol–water partition coefficient (Wildman–Crippen LogP) is 2.53. The Bertz CT molecular complexity index is 655. The van der Waals surface area contributed by atoms with E-state index in [0.717, 1.165) is 16.2 Å². The number of hydrogen-bond donors (Lipinski definition) is 0. The van der Waals surface area contributed by atoms with Crippen LogP contribution in [0.4, 0.5) is 0 Å². The zero-order valence-corrected chi connectivity index (χ0v) is 8.23. The number of fused-ring (bicyclic) bond motifs is 3. The number of rotatable bonds is 0. The van der Waals surface area contributed by atoms with E-state index in [2.05, 4.69) is 0 Å². The standard InChI is InChI=1S/C12H9NO2/c1-8-10-7-6-9-4-2-3-5-11(9)12(10)15-13(8)14/h2-7H,1H3. The lowest BCUT2D eigenvalue weighted by Gasteiger charge is -1.97. The van der Waals surface area contributed by atoms with Crippen LogP contribution in [0.15, 0.2) is 40.9 Å². The van der Waals surface area contributed by atoms with Crippen molar-refractivity contribution >= 4 is 21.7 Å². The molecule has 0 fully saturated rings. The molecule has 3 nitrogen and oxygen atoms in total. The summed E-state index contributed by atoms with van der Waals surface area (Å²) in [4.78, 5) is 0.567. The van der Waals surface area contributed by atoms with Gasteiger partial charge in [0.05, 0.1) is 11.0 Å². The van der Waals surface area contributed by atoms with Crippen LogP contribution in [0.1, 0.15) is 5.69 Å². The molecule has 0 unspecified atom stereocenters. The molecule has 1 aromatic heterocycles. The molecule has 1 heterocycles. The first-order chi connectivity index (χ1) is 7.27. The van der Waals surface area contributed by atoms with Gasteiger partial charge in [-0.2, -0.15) is 0 Å². The largest absolute Gasteiger partial charge is 0.366 e. The van der Waals surface area contributed by atoms with Crippen molar-refractivity contribution in [3.05, 3.63) is 47.3 Å². The lowest BCUT2D eigenvalue weighted by Crippen LogP contribution is -2.25. The maximum atomic E-state index is 11.3. The van der Waals surface area contributed by atoms with Crippen LogP contribution in [0.25, 0.3) is 21.7 Å². The number of aryl methyl sites for hydroxylation is 1. The Kier molecular flexibility index (Phi) is 1.51. The molecule has 15 heavy (non-hydrogen) atoms. The van der Waals surface area contributed by atoms with Gasteiger partial charge in [-0.3, -0.25) is 5.21 Å². The molecule has 0 atom stereocenters. The van der Waals surface area contributed by atoms with E-state index in [1.54, 1.807) is 6.92 Å². The highest BCUT2D eigenvalue weighted by molar-refractivity contribution is 6.04. The van der Waals surface area contributed by atoms with Crippen LogP contribution in [0.5, 0.6) is 0 Å². The highest BCUT2D eigenvalue weighted by Crippen LogP contribution is 2.25. The van der Waals surface area contributed by atoms with Crippen molar-refractivity contribution in [1.29, 1.82) is 0 Å². The highest BCUT2D eigenvalue weighted by Gasteiger charge is 2.12. The average Bonchev–Trinajstić information content (AvgIpc) is 2.56. The zero-order chi connectivity index (χ0) is 10.4. The summed E-state index contributed by atoms with van der Waals surface area (Å²) in [6.07, 6.45) is 0. The summed E-state index contributed by atoms with van der Waals surface area (Å²) in [6.45, 7) is 1.76. The molecule has 0 N–H and O–H groups in total. The van der Waals surface area contributed by atoms with Crippen LogP contribution < -0.4 is 4.90 Å². The van der Waals surface area contributed by atoms with Crippen molar-refractivity contribution in [3.63, 3.8) is 0 Å². The van der Waals surface area contributed by atoms with Crippen LogP contribution in [0.3, 0.4) is 0 Å². The fourth-order valence-electron chi connectivity index (χ4n) is 1.88. The monoisotopic (exact) mass is 199 g/mol. The van der Waals surface area contributed by atoms with Gasteiger partial charge in [-0.25, -0.2) is 0 Å². The molecular formula is C12H9NO2. The molecule has 0 amide bonds. The first kappa shape index (κ1) is 8.29. The summed E-state index contributed by atoms with van der Waals surface area (Å²) in [7, 11) is 0. The van der Waals surface area contributed by atoms with Gasteiger partial charge in [-0.05, 0) is 11.5 Å². The molecule has 0 saturated heterocycles. The topological polar surface area (TPSA) is 40.1 Å². The van der Waals surface area contributed by atoms with E-state index in [1.165, 1.54) is 0 Å². The molecule has 0 aliphatic heterocycles. The summed E-state index contributed by atoms with van der Waals surface area (Å²) in [5.74, 6) is 0. The lowest BCUT2D eigenvalue weighted by molar-refractivity contribution is -0.792. The quantitative estimate of drug-likeness (QED) is 0.522. The minimum absolute atomic E-state index is 0.567. The summed E-state index contributed by atoms with van der Waals surface area (Å²) in [5, 5.41) is 14.3. The van der Waals surface area contributed by atoms with Crippen LogP contribution in [-0.2, 0) is 0 Å². The lowest BCUT2D eigenvalue weighted by atomic mass is 10.1. The highest BCUT2D eigenvalue weighted by atomic mass is 16.7. The van der Waals surface area contributed by atoms with Gasteiger partial charge >= 0.3 is 0 Å². The molecule has 0 spiro atoms. The van der Waals surface area contributed by atoms with Crippen molar-refractivity contribution in [3.8, 4) is 0 Å². The molecule has 0 aliphatic rings. The second kappa shape index (κ2) is 2.73. The molecule has 0 bridgehead atoms. The summed E-state index contributed by atoms with van der Waals surface area (Å²) in [6, 6.07) is 11.8. The third-order valence-corrected chi connectivity index (χ3v) is 2.72. The predicted molar refractivity (Wildman–Crippen MR) is 57.4 cm³/mol. The second-order valence-corrected chi connectivity index (χ2v) is 3.60. The Morgan fingerprint density at radius 2 is 1.87 bits per heavy atom. The molecule has 3 heteroatoms. The van der Waals surface area contributed by atoms with E-state index in [9.17, 15) is 5.21 Å². The van der Waals surface area contributed by atoms with Crippen LogP contribution in [-0.4, -0.2) is 0 Å². The molecule has 0 aliphatic carbocycles. The Labute approximate surface area is 86.1 Å². The van der Waals surface area contributed by atoms with Gasteiger partial charge in [0, 0.05) is 17.2 Å². The third-order valence-electron chi connectivity index (χ3n) is 2.72. The minimum Gasteiger partial charge on any atom is -0.366 e. The maximum Gasteiger partial charge on any atom is 0.250 e. The van der Waals surface area contributed by atoms with E-state index in [0.29, 0.717) is 16.2 Å². The van der Waals surface area contributed by atoms with Gasteiger partial charge in [-0.1, -0.05) is 30.3 Å². The fraction of sp³-hybridized carbons (Fsp3) is 0.0833. The SMILES string of the molecule is Cc1c2ccc3ccccc3c2o[n+]1[O-]. The van der Waals surface area contributed by atoms with E-state index in [1.807, 2.05) is 36.4 Å². The van der Waals surface area contributed by atoms with E-state index >= 15 is 0 Å². The number of benzene rings is 2. The smallest absolute Gasteiger partial charge is 0.250 e. The van der Waals surface area contributed by atoms with Gasteiger partial charge < -0.3 is 4.52 Å². The Hall–Kier alpha value is -2.03. The van der Waals surface area contributed by atoms with Crippen LogP contribution >= 0.6 is 0 Å². The average molecular weight is 199 g/mol.